The van der Waals surface area contributed by atoms with Crippen LogP contribution in [0.25, 0.3) is 10.9 Å². The van der Waals surface area contributed by atoms with Crippen LogP contribution in [0.5, 0.6) is 0 Å². The van der Waals surface area contributed by atoms with Crippen molar-refractivity contribution in [3.05, 3.63) is 36.0 Å². The van der Waals surface area contributed by atoms with E-state index in [9.17, 15) is 0 Å². The van der Waals surface area contributed by atoms with E-state index in [0.717, 1.165) is 44.2 Å². The molecule has 0 atom stereocenters. The van der Waals surface area contributed by atoms with Crippen molar-refractivity contribution in [2.45, 2.75) is 19.8 Å². The van der Waals surface area contributed by atoms with Gasteiger partial charge >= 0.3 is 0 Å². The Balaban J connectivity index is 1.82. The van der Waals surface area contributed by atoms with Crippen molar-refractivity contribution in [2.75, 3.05) is 31.6 Å². The minimum atomic E-state index is 0.841. The van der Waals surface area contributed by atoms with Crippen LogP contribution in [0.1, 0.15) is 18.9 Å². The summed E-state index contributed by atoms with van der Waals surface area (Å²) in [5, 5.41) is 7.98. The number of benzene rings is 1. The molecule has 2 rings (SSSR count). The quantitative estimate of drug-likeness (QED) is 0.398. The van der Waals surface area contributed by atoms with Crippen molar-refractivity contribution in [1.29, 1.82) is 0 Å². The van der Waals surface area contributed by atoms with E-state index in [-0.39, 0.29) is 0 Å². The maximum atomic E-state index is 4.64. The standard InChI is InChI=1S/C17H26N4S/c1-3-18-17(20-11-12-22-2)19-10-6-7-14-13-21-16-9-5-4-8-15(14)16/h4-5,8-9,13,21H,3,6-7,10-12H2,1-2H3,(H2,18,19,20). The van der Waals surface area contributed by atoms with E-state index in [1.54, 1.807) is 0 Å². The topological polar surface area (TPSA) is 52.2 Å². The maximum Gasteiger partial charge on any atom is 0.191 e. The molecule has 0 bridgehead atoms. The number of hydrogen-bond donors (Lipinski definition) is 3. The third kappa shape index (κ3) is 4.98. The van der Waals surface area contributed by atoms with Gasteiger partial charge in [-0.1, -0.05) is 18.2 Å². The van der Waals surface area contributed by atoms with Crippen molar-refractivity contribution in [3.63, 3.8) is 0 Å². The lowest BCUT2D eigenvalue weighted by Gasteiger charge is -2.10. The third-order valence-electron chi connectivity index (χ3n) is 3.49. The van der Waals surface area contributed by atoms with Gasteiger partial charge in [-0.15, -0.1) is 0 Å². The van der Waals surface area contributed by atoms with Gasteiger partial charge in [-0.25, -0.2) is 0 Å². The average molecular weight is 318 g/mol. The summed E-state index contributed by atoms with van der Waals surface area (Å²) >= 11 is 1.84. The summed E-state index contributed by atoms with van der Waals surface area (Å²) in [6.07, 6.45) is 6.35. The number of thioether (sulfide) groups is 1. The van der Waals surface area contributed by atoms with Crippen molar-refractivity contribution >= 4 is 28.6 Å². The Labute approximate surface area is 137 Å². The lowest BCUT2D eigenvalue weighted by atomic mass is 10.1. The zero-order chi connectivity index (χ0) is 15.6. The summed E-state index contributed by atoms with van der Waals surface area (Å²) in [5.41, 5.74) is 2.60. The van der Waals surface area contributed by atoms with Gasteiger partial charge in [0.2, 0.25) is 0 Å². The number of aliphatic imine (C=N–C) groups is 1. The van der Waals surface area contributed by atoms with Crippen molar-refractivity contribution in [3.8, 4) is 0 Å². The van der Waals surface area contributed by atoms with Crippen LogP contribution in [0.15, 0.2) is 35.5 Å². The number of rotatable bonds is 8. The number of aryl methyl sites for hydroxylation is 1. The maximum absolute atomic E-state index is 4.64. The van der Waals surface area contributed by atoms with Gasteiger partial charge in [0, 0.05) is 42.5 Å². The summed E-state index contributed by atoms with van der Waals surface area (Å²) < 4.78 is 0. The zero-order valence-corrected chi connectivity index (χ0v) is 14.3. The third-order valence-corrected chi connectivity index (χ3v) is 4.10. The van der Waals surface area contributed by atoms with E-state index in [0.29, 0.717) is 0 Å². The summed E-state index contributed by atoms with van der Waals surface area (Å²) in [5.74, 6) is 2.02. The van der Waals surface area contributed by atoms with Gasteiger partial charge in [-0.3, -0.25) is 4.99 Å². The molecule has 0 fully saturated rings. The fourth-order valence-corrected chi connectivity index (χ4v) is 2.72. The highest BCUT2D eigenvalue weighted by molar-refractivity contribution is 7.98. The molecule has 0 spiro atoms. The van der Waals surface area contributed by atoms with E-state index in [1.165, 1.54) is 16.5 Å². The monoisotopic (exact) mass is 318 g/mol. The Morgan fingerprint density at radius 3 is 2.95 bits per heavy atom. The predicted molar refractivity (Wildman–Crippen MR) is 99.0 cm³/mol. The fourth-order valence-electron chi connectivity index (χ4n) is 2.41. The largest absolute Gasteiger partial charge is 0.361 e. The molecule has 0 amide bonds. The Bertz CT molecular complexity index is 591. The highest BCUT2D eigenvalue weighted by atomic mass is 32.2. The van der Waals surface area contributed by atoms with Gasteiger partial charge in [0.15, 0.2) is 5.96 Å². The highest BCUT2D eigenvalue weighted by Crippen LogP contribution is 2.18. The molecule has 0 aliphatic carbocycles. The molecule has 4 nitrogen and oxygen atoms in total. The van der Waals surface area contributed by atoms with Crippen molar-refractivity contribution in [2.24, 2.45) is 4.99 Å². The Hall–Kier alpha value is -1.62. The molecule has 5 heteroatoms. The van der Waals surface area contributed by atoms with Crippen LogP contribution in [0.4, 0.5) is 0 Å². The number of guanidine groups is 1. The van der Waals surface area contributed by atoms with Gasteiger partial charge in [-0.2, -0.15) is 11.8 Å². The molecular weight excluding hydrogens is 292 g/mol. The molecule has 120 valence electrons. The summed E-state index contributed by atoms with van der Waals surface area (Å²) in [6.45, 7) is 4.79. The van der Waals surface area contributed by atoms with Gasteiger partial charge in [-0.05, 0) is 37.7 Å². The molecule has 0 aliphatic heterocycles. The van der Waals surface area contributed by atoms with Gasteiger partial charge in [0.1, 0.15) is 0 Å². The van der Waals surface area contributed by atoms with Crippen molar-refractivity contribution < 1.29 is 0 Å². The van der Waals surface area contributed by atoms with Crippen LogP contribution >= 0.6 is 11.8 Å². The average Bonchev–Trinajstić information content (AvgIpc) is 2.95. The molecule has 1 aromatic carbocycles. The van der Waals surface area contributed by atoms with Crippen LogP contribution in [-0.4, -0.2) is 42.6 Å². The lowest BCUT2D eigenvalue weighted by Crippen LogP contribution is -2.38. The molecule has 0 aliphatic rings. The summed E-state index contributed by atoms with van der Waals surface area (Å²) in [4.78, 5) is 7.97. The van der Waals surface area contributed by atoms with Gasteiger partial charge in [0.05, 0.1) is 0 Å². The molecule has 1 aromatic heterocycles. The van der Waals surface area contributed by atoms with Gasteiger partial charge in [0.25, 0.3) is 0 Å². The second-order valence-corrected chi connectivity index (χ2v) is 6.13. The van der Waals surface area contributed by atoms with E-state index < -0.39 is 0 Å². The molecule has 0 saturated heterocycles. The molecule has 3 N–H and O–H groups in total. The molecule has 22 heavy (non-hydrogen) atoms. The normalized spacial score (nSPS) is 11.8. The molecule has 2 aromatic rings. The number of fused-ring (bicyclic) bond motifs is 1. The first-order valence-corrected chi connectivity index (χ1v) is 9.30. The number of H-pyrrole nitrogens is 1. The highest BCUT2D eigenvalue weighted by Gasteiger charge is 2.02. The van der Waals surface area contributed by atoms with Gasteiger partial charge < -0.3 is 15.6 Å². The summed E-state index contributed by atoms with van der Waals surface area (Å²) in [6, 6.07) is 8.46. The molecular formula is C17H26N4S. The number of hydrogen-bond acceptors (Lipinski definition) is 2. The fraction of sp³-hybridized carbons (Fsp3) is 0.471. The first-order valence-electron chi connectivity index (χ1n) is 7.91. The Morgan fingerprint density at radius 2 is 2.14 bits per heavy atom. The molecule has 0 saturated carbocycles. The minimum Gasteiger partial charge on any atom is -0.361 e. The van der Waals surface area contributed by atoms with Crippen LogP contribution < -0.4 is 10.6 Å². The SMILES string of the molecule is CCNC(=NCCCc1c[nH]c2ccccc12)NCCSC. The molecule has 0 unspecified atom stereocenters. The minimum absolute atomic E-state index is 0.841. The molecule has 1 heterocycles. The zero-order valence-electron chi connectivity index (χ0n) is 13.5. The second-order valence-electron chi connectivity index (χ2n) is 5.14. The predicted octanol–water partition coefficient (Wildman–Crippen LogP) is 3.02. The number of aromatic amines is 1. The lowest BCUT2D eigenvalue weighted by molar-refractivity contribution is 0.799. The Morgan fingerprint density at radius 1 is 1.27 bits per heavy atom. The van der Waals surface area contributed by atoms with Crippen LogP contribution in [0.3, 0.4) is 0 Å². The first kappa shape index (κ1) is 16.7. The smallest absolute Gasteiger partial charge is 0.191 e. The first-order chi connectivity index (χ1) is 10.8. The number of nitrogens with zero attached hydrogens (tertiary/aromatic N) is 1. The van der Waals surface area contributed by atoms with Crippen molar-refractivity contribution in [1.82, 2.24) is 15.6 Å². The molecule has 0 radical (unpaired) electrons. The van der Waals surface area contributed by atoms with Crippen LogP contribution in [-0.2, 0) is 6.42 Å². The van der Waals surface area contributed by atoms with Crippen LogP contribution in [0.2, 0.25) is 0 Å². The number of para-hydroxylation sites is 1. The van der Waals surface area contributed by atoms with E-state index in [4.69, 9.17) is 0 Å². The van der Waals surface area contributed by atoms with E-state index in [1.807, 2.05) is 11.8 Å². The van der Waals surface area contributed by atoms with Crippen LogP contribution in [0, 0.1) is 0 Å². The Kier molecular flexibility index (Phi) is 7.16. The van der Waals surface area contributed by atoms with E-state index >= 15 is 0 Å². The summed E-state index contributed by atoms with van der Waals surface area (Å²) in [7, 11) is 0. The second kappa shape index (κ2) is 9.41. The number of aromatic nitrogens is 1. The number of nitrogens with one attached hydrogen (secondary N) is 3. The van der Waals surface area contributed by atoms with E-state index in [2.05, 4.69) is 64.3 Å².